The number of nitrogens with one attached hydrogen (secondary N) is 4. The molecule has 0 unspecified atom stereocenters. The lowest BCUT2D eigenvalue weighted by Gasteiger charge is -2.31. The molecule has 4 fully saturated rings. The molecule has 5 atom stereocenters. The summed E-state index contributed by atoms with van der Waals surface area (Å²) in [7, 11) is 0. The number of carbonyl (C=O) groups excluding carboxylic acids is 5. The van der Waals surface area contributed by atoms with Crippen LogP contribution >= 0.6 is 0 Å². The predicted molar refractivity (Wildman–Crippen MR) is 140 cm³/mol. The molecule has 4 N–H and O–H groups in total. The zero-order valence-corrected chi connectivity index (χ0v) is 22.8. The largest absolute Gasteiger partial charge is 0.416 e. The minimum absolute atomic E-state index is 0.0257. The first-order valence-electron chi connectivity index (χ1n) is 13.9. The van der Waals surface area contributed by atoms with Gasteiger partial charge in [-0.1, -0.05) is 13.8 Å². The Balaban J connectivity index is 1.27. The van der Waals surface area contributed by atoms with Crippen LogP contribution in [0.25, 0.3) is 0 Å². The molecule has 5 rings (SSSR count). The summed E-state index contributed by atoms with van der Waals surface area (Å²) in [6.07, 6.45) is -2.47. The van der Waals surface area contributed by atoms with Crippen molar-refractivity contribution in [2.75, 3.05) is 25.0 Å². The van der Waals surface area contributed by atoms with Gasteiger partial charge >= 0.3 is 6.18 Å². The zero-order valence-electron chi connectivity index (χ0n) is 22.8. The number of carbonyl (C=O) groups is 5. The average molecular weight is 578 g/mol. The van der Waals surface area contributed by atoms with Crippen molar-refractivity contribution in [3.05, 3.63) is 29.8 Å². The first kappa shape index (κ1) is 28.9. The van der Waals surface area contributed by atoms with Crippen molar-refractivity contribution < 1.29 is 37.1 Å². The van der Waals surface area contributed by atoms with Crippen LogP contribution < -0.4 is 21.3 Å². The van der Waals surface area contributed by atoms with Crippen molar-refractivity contribution in [3.8, 4) is 0 Å². The van der Waals surface area contributed by atoms with Crippen LogP contribution in [0.4, 0.5) is 18.9 Å². The molecule has 4 amide bonds. The van der Waals surface area contributed by atoms with Gasteiger partial charge in [-0.2, -0.15) is 13.2 Å². The predicted octanol–water partition coefficient (Wildman–Crippen LogP) is 1.46. The van der Waals surface area contributed by atoms with Gasteiger partial charge in [-0.15, -0.1) is 0 Å². The molecule has 222 valence electrons. The van der Waals surface area contributed by atoms with Gasteiger partial charge in [0.15, 0.2) is 0 Å². The van der Waals surface area contributed by atoms with Gasteiger partial charge in [0.05, 0.1) is 18.2 Å². The van der Waals surface area contributed by atoms with E-state index in [1.54, 1.807) is 0 Å². The number of amides is 4. The highest BCUT2D eigenvalue weighted by molar-refractivity contribution is 6.38. The van der Waals surface area contributed by atoms with Crippen LogP contribution in [0.15, 0.2) is 24.3 Å². The van der Waals surface area contributed by atoms with Crippen LogP contribution in [0.3, 0.4) is 0 Å². The van der Waals surface area contributed by atoms with Gasteiger partial charge in [0, 0.05) is 30.7 Å². The van der Waals surface area contributed by atoms with E-state index in [9.17, 15) is 37.1 Å². The number of hydrogen-bond acceptors (Lipinski definition) is 6. The number of piperidine rings is 1. The molecule has 1 aromatic carbocycles. The van der Waals surface area contributed by atoms with Crippen molar-refractivity contribution >= 4 is 35.1 Å². The Morgan fingerprint density at radius 1 is 1.10 bits per heavy atom. The fourth-order valence-corrected chi connectivity index (χ4v) is 6.18. The summed E-state index contributed by atoms with van der Waals surface area (Å²) in [6, 6.07) is 2.11. The Labute approximate surface area is 235 Å². The highest BCUT2D eigenvalue weighted by atomic mass is 19.4. The zero-order chi connectivity index (χ0) is 29.7. The fraction of sp³-hybridized carbons (Fsp3) is 0.607. The normalized spacial score (nSPS) is 27.0. The van der Waals surface area contributed by atoms with E-state index in [2.05, 4.69) is 21.3 Å². The second kappa shape index (κ2) is 10.6. The Morgan fingerprint density at radius 2 is 1.78 bits per heavy atom. The smallest absolute Gasteiger partial charge is 0.376 e. The van der Waals surface area contributed by atoms with Gasteiger partial charge in [0.1, 0.15) is 6.04 Å². The third-order valence-corrected chi connectivity index (χ3v) is 8.91. The molecule has 2 aliphatic heterocycles. The van der Waals surface area contributed by atoms with E-state index in [1.807, 2.05) is 13.8 Å². The minimum atomic E-state index is -4.47. The minimum Gasteiger partial charge on any atom is -0.376 e. The first-order valence-corrected chi connectivity index (χ1v) is 13.9. The second-order valence-corrected chi connectivity index (χ2v) is 12.1. The number of alkyl halides is 3. The van der Waals surface area contributed by atoms with Gasteiger partial charge < -0.3 is 26.2 Å². The van der Waals surface area contributed by atoms with Crippen molar-refractivity contribution in [2.45, 2.75) is 63.8 Å². The van der Waals surface area contributed by atoms with E-state index in [-0.39, 0.29) is 42.2 Å². The van der Waals surface area contributed by atoms with Gasteiger partial charge in [-0.25, -0.2) is 0 Å². The molecule has 0 spiro atoms. The summed E-state index contributed by atoms with van der Waals surface area (Å²) in [4.78, 5) is 66.3. The third kappa shape index (κ3) is 6.03. The number of anilines is 1. The molecule has 41 heavy (non-hydrogen) atoms. The van der Waals surface area contributed by atoms with Crippen molar-refractivity contribution in [2.24, 2.45) is 23.2 Å². The van der Waals surface area contributed by atoms with Crippen molar-refractivity contribution in [1.82, 2.24) is 20.9 Å². The Kier molecular flexibility index (Phi) is 7.49. The molecular formula is C28H34F3N5O5. The number of nitrogens with zero attached hydrogens (tertiary/aromatic N) is 1. The molecule has 13 heteroatoms. The highest BCUT2D eigenvalue weighted by Gasteiger charge is 2.69. The van der Waals surface area contributed by atoms with E-state index < -0.39 is 53.2 Å². The van der Waals surface area contributed by atoms with Gasteiger partial charge in [0.25, 0.3) is 5.91 Å². The maximum Gasteiger partial charge on any atom is 0.416 e. The fourth-order valence-electron chi connectivity index (χ4n) is 6.18. The lowest BCUT2D eigenvalue weighted by molar-refractivity contribution is -0.143. The van der Waals surface area contributed by atoms with Crippen molar-refractivity contribution in [1.29, 1.82) is 0 Å². The Morgan fingerprint density at radius 3 is 2.37 bits per heavy atom. The molecule has 4 aliphatic rings. The molecule has 2 saturated heterocycles. The standard InChI is InChI=1S/C28H34F3N5O5/c1-27(2)18-13-36(20(37)12-33-16-5-3-15(4-6-16)28(29,30)31)22(21(18)27)25(40)35-19(11-14-9-10-32-24(14)39)23(38)26(41)34-17-7-8-17/h3-6,14,17-19,21-22,33H,7-13H2,1-2H3,(H,32,39)(H,34,41)(H,35,40)/t14-,18-,19-,21-,22-/m0/s1. The Bertz CT molecular complexity index is 1250. The summed E-state index contributed by atoms with van der Waals surface area (Å²) in [5.74, 6) is -3.49. The molecule has 1 aromatic rings. The van der Waals surface area contributed by atoms with Crippen LogP contribution in [0.1, 0.15) is 45.1 Å². The van der Waals surface area contributed by atoms with Crippen LogP contribution in [0.5, 0.6) is 0 Å². The molecule has 2 aliphatic carbocycles. The summed E-state index contributed by atoms with van der Waals surface area (Å²) in [5, 5.41) is 10.9. The molecule has 10 nitrogen and oxygen atoms in total. The summed E-state index contributed by atoms with van der Waals surface area (Å²) in [6.45, 7) is 4.51. The van der Waals surface area contributed by atoms with E-state index >= 15 is 0 Å². The molecule has 2 heterocycles. The van der Waals surface area contributed by atoms with Crippen LogP contribution in [0.2, 0.25) is 0 Å². The molecule has 0 radical (unpaired) electrons. The summed E-state index contributed by atoms with van der Waals surface area (Å²) < 4.78 is 38.6. The number of Topliss-reactive ketones (excluding diaryl/α,β-unsaturated/α-hetero) is 1. The van der Waals surface area contributed by atoms with E-state index in [0.29, 0.717) is 25.2 Å². The number of hydrogen-bond donors (Lipinski definition) is 4. The number of halogens is 3. The van der Waals surface area contributed by atoms with Gasteiger partial charge in [0.2, 0.25) is 23.5 Å². The van der Waals surface area contributed by atoms with E-state index in [0.717, 1.165) is 25.0 Å². The van der Waals surface area contributed by atoms with Crippen LogP contribution in [0, 0.1) is 23.2 Å². The van der Waals surface area contributed by atoms with Crippen LogP contribution in [-0.4, -0.2) is 72.1 Å². The summed E-state index contributed by atoms with van der Waals surface area (Å²) >= 11 is 0. The van der Waals surface area contributed by atoms with E-state index in [1.165, 1.54) is 17.0 Å². The summed E-state index contributed by atoms with van der Waals surface area (Å²) in [5.41, 5.74) is -0.703. The Hall–Kier alpha value is -3.64. The van der Waals surface area contributed by atoms with Gasteiger partial charge in [-0.05, 0) is 67.2 Å². The molecular weight excluding hydrogens is 543 g/mol. The number of benzene rings is 1. The number of ketones is 1. The number of fused-ring (bicyclic) bond motifs is 1. The number of likely N-dealkylation sites (tertiary alicyclic amines) is 1. The van der Waals surface area contributed by atoms with Gasteiger partial charge in [-0.3, -0.25) is 24.0 Å². The second-order valence-electron chi connectivity index (χ2n) is 12.1. The molecule has 0 bridgehead atoms. The maximum atomic E-state index is 13.7. The maximum absolute atomic E-state index is 13.7. The topological polar surface area (TPSA) is 137 Å². The first-order chi connectivity index (χ1) is 19.3. The van der Waals surface area contributed by atoms with Crippen LogP contribution in [-0.2, 0) is 30.1 Å². The third-order valence-electron chi connectivity index (χ3n) is 8.91. The van der Waals surface area contributed by atoms with Crippen molar-refractivity contribution in [3.63, 3.8) is 0 Å². The quantitative estimate of drug-likeness (QED) is 0.311. The SMILES string of the molecule is CC1(C)[C@@H]2[C@@H](C(=O)N[C@@H](C[C@@H]3CCNC3=O)C(=O)C(=O)NC3CC3)N(C(=O)CNc3ccc(C(F)(F)F)cc3)C[C@@H]21. The number of rotatable bonds is 10. The van der Waals surface area contributed by atoms with E-state index in [4.69, 9.17) is 0 Å². The highest BCUT2D eigenvalue weighted by Crippen LogP contribution is 2.64. The average Bonchev–Trinajstić information content (AvgIpc) is 3.68. The lowest BCUT2D eigenvalue weighted by atomic mass is 9.94. The molecule has 2 saturated carbocycles. The molecule has 0 aromatic heterocycles. The lowest BCUT2D eigenvalue weighted by Crippen LogP contribution is -2.56. The monoisotopic (exact) mass is 577 g/mol.